The monoisotopic (exact) mass is 303 g/mol. The maximum Gasteiger partial charge on any atom is 0.282 e. The number of hydrogen-bond acceptors (Lipinski definition) is 4. The zero-order valence-electron chi connectivity index (χ0n) is 9.77. The number of pyridine rings is 1. The second-order valence-corrected chi connectivity index (χ2v) is 5.35. The third kappa shape index (κ3) is 2.67. The summed E-state index contributed by atoms with van der Waals surface area (Å²) in [6.45, 7) is 0. The van der Waals surface area contributed by atoms with Gasteiger partial charge in [0.2, 0.25) is 5.03 Å². The number of rotatable bonds is 3. The van der Waals surface area contributed by atoms with Gasteiger partial charge in [-0.25, -0.2) is 18.2 Å². The maximum atomic E-state index is 13.5. The van der Waals surface area contributed by atoms with Gasteiger partial charge in [-0.2, -0.15) is 8.42 Å². The Morgan fingerprint density at radius 3 is 2.45 bits per heavy atom. The van der Waals surface area contributed by atoms with E-state index in [0.717, 1.165) is 18.3 Å². The van der Waals surface area contributed by atoms with E-state index in [1.54, 1.807) is 4.72 Å². The van der Waals surface area contributed by atoms with E-state index < -0.39 is 43.9 Å². The molecule has 1 aromatic heterocycles. The molecule has 2 aromatic rings. The van der Waals surface area contributed by atoms with Crippen molar-refractivity contribution in [3.63, 3.8) is 0 Å². The highest BCUT2D eigenvalue weighted by molar-refractivity contribution is 7.92. The summed E-state index contributed by atoms with van der Waals surface area (Å²) < 4.78 is 65.2. The normalized spacial score (nSPS) is 11.3. The maximum absolute atomic E-state index is 13.5. The molecule has 0 aliphatic heterocycles. The number of nitrogens with one attached hydrogen (secondary N) is 1. The van der Waals surface area contributed by atoms with Gasteiger partial charge in [-0.1, -0.05) is 0 Å². The fourth-order valence-corrected chi connectivity index (χ4v) is 2.56. The molecule has 0 atom stereocenters. The molecule has 0 fully saturated rings. The van der Waals surface area contributed by atoms with E-state index in [4.69, 9.17) is 5.73 Å². The van der Waals surface area contributed by atoms with Crippen LogP contribution in [0.2, 0.25) is 0 Å². The average Bonchev–Trinajstić information content (AvgIpc) is 2.34. The molecule has 20 heavy (non-hydrogen) atoms. The van der Waals surface area contributed by atoms with Crippen molar-refractivity contribution in [3.8, 4) is 0 Å². The number of nitrogens with zero attached hydrogens (tertiary/aromatic N) is 1. The van der Waals surface area contributed by atoms with Crippen LogP contribution in [-0.2, 0) is 10.0 Å². The van der Waals surface area contributed by atoms with Crippen LogP contribution >= 0.6 is 0 Å². The van der Waals surface area contributed by atoms with Crippen LogP contribution in [-0.4, -0.2) is 13.4 Å². The molecule has 0 radical (unpaired) electrons. The van der Waals surface area contributed by atoms with Crippen LogP contribution in [0.3, 0.4) is 0 Å². The van der Waals surface area contributed by atoms with Gasteiger partial charge in [0.15, 0.2) is 11.6 Å². The minimum atomic E-state index is -4.48. The van der Waals surface area contributed by atoms with Crippen molar-refractivity contribution < 1.29 is 21.6 Å². The van der Waals surface area contributed by atoms with E-state index in [-0.39, 0.29) is 0 Å². The first-order valence-electron chi connectivity index (χ1n) is 5.19. The van der Waals surface area contributed by atoms with Crippen LogP contribution < -0.4 is 10.5 Å². The van der Waals surface area contributed by atoms with Gasteiger partial charge >= 0.3 is 0 Å². The summed E-state index contributed by atoms with van der Waals surface area (Å²) in [5, 5.41) is -0.914. The molecule has 5 nitrogen and oxygen atoms in total. The molecule has 0 bridgehead atoms. The lowest BCUT2D eigenvalue weighted by Crippen LogP contribution is -2.18. The minimum Gasteiger partial charge on any atom is -0.397 e. The van der Waals surface area contributed by atoms with Gasteiger partial charge in [-0.3, -0.25) is 4.72 Å². The summed E-state index contributed by atoms with van der Waals surface area (Å²) in [5.41, 5.74) is 4.18. The molecule has 0 spiro atoms. The van der Waals surface area contributed by atoms with Crippen molar-refractivity contribution in [2.45, 2.75) is 5.03 Å². The van der Waals surface area contributed by atoms with Gasteiger partial charge in [-0.15, -0.1) is 0 Å². The summed E-state index contributed by atoms with van der Waals surface area (Å²) in [5.74, 6) is -3.30. The molecular formula is C11H8F3N3O2S. The lowest BCUT2D eigenvalue weighted by atomic mass is 10.2. The van der Waals surface area contributed by atoms with E-state index in [2.05, 4.69) is 4.98 Å². The number of nitrogens with two attached hydrogens (primary N) is 1. The lowest BCUT2D eigenvalue weighted by Gasteiger charge is -2.11. The molecule has 0 saturated carbocycles. The summed E-state index contributed by atoms with van der Waals surface area (Å²) in [4.78, 5) is 3.36. The van der Waals surface area contributed by atoms with Gasteiger partial charge in [0.05, 0.1) is 5.69 Å². The molecule has 9 heteroatoms. The minimum absolute atomic E-state index is 0.447. The van der Waals surface area contributed by atoms with E-state index in [1.165, 1.54) is 6.07 Å². The Balaban J connectivity index is 2.47. The van der Waals surface area contributed by atoms with Crippen LogP contribution in [0.4, 0.5) is 24.5 Å². The fraction of sp³-hybridized carbons (Fsp3) is 0. The SMILES string of the molecule is Nc1cc(F)cc(F)c1NS(=O)(=O)c1ncccc1F. The standard InChI is InChI=1S/C11H8F3N3O2S/c12-6-4-8(14)10(9(15)5-6)17-20(18,19)11-7(13)2-1-3-16-11/h1-5,17H,15H2. The van der Waals surface area contributed by atoms with Crippen LogP contribution in [0, 0.1) is 17.5 Å². The first-order chi connectivity index (χ1) is 9.31. The number of aromatic nitrogens is 1. The Labute approximate surface area is 112 Å². The first-order valence-corrected chi connectivity index (χ1v) is 6.67. The molecule has 0 unspecified atom stereocenters. The molecular weight excluding hydrogens is 295 g/mol. The van der Waals surface area contributed by atoms with E-state index in [9.17, 15) is 21.6 Å². The van der Waals surface area contributed by atoms with Crippen molar-refractivity contribution in [1.82, 2.24) is 4.98 Å². The van der Waals surface area contributed by atoms with Gasteiger partial charge in [0, 0.05) is 12.3 Å². The van der Waals surface area contributed by atoms with Crippen molar-refractivity contribution >= 4 is 21.4 Å². The van der Waals surface area contributed by atoms with Crippen molar-refractivity contribution in [2.24, 2.45) is 0 Å². The molecule has 106 valence electrons. The lowest BCUT2D eigenvalue weighted by molar-refractivity contribution is 0.555. The van der Waals surface area contributed by atoms with Gasteiger partial charge in [0.1, 0.15) is 11.5 Å². The summed E-state index contributed by atoms with van der Waals surface area (Å²) >= 11 is 0. The number of halogens is 3. The predicted molar refractivity (Wildman–Crippen MR) is 65.8 cm³/mol. The van der Waals surface area contributed by atoms with Gasteiger partial charge in [-0.05, 0) is 18.2 Å². The number of nitrogen functional groups attached to an aromatic ring is 1. The highest BCUT2D eigenvalue weighted by Crippen LogP contribution is 2.26. The van der Waals surface area contributed by atoms with Crippen molar-refractivity contribution in [3.05, 3.63) is 47.9 Å². The molecule has 0 amide bonds. The van der Waals surface area contributed by atoms with Crippen LogP contribution in [0.15, 0.2) is 35.5 Å². The Bertz CT molecular complexity index is 742. The highest BCUT2D eigenvalue weighted by atomic mass is 32.2. The zero-order chi connectivity index (χ0) is 14.9. The molecule has 1 aromatic carbocycles. The predicted octanol–water partition coefficient (Wildman–Crippen LogP) is 1.88. The molecule has 3 N–H and O–H groups in total. The molecule has 1 heterocycles. The Morgan fingerprint density at radius 2 is 1.85 bits per heavy atom. The summed E-state index contributed by atoms with van der Waals surface area (Å²) in [6.07, 6.45) is 1.06. The highest BCUT2D eigenvalue weighted by Gasteiger charge is 2.23. The third-order valence-corrected chi connectivity index (χ3v) is 3.58. The van der Waals surface area contributed by atoms with E-state index >= 15 is 0 Å². The largest absolute Gasteiger partial charge is 0.397 e. The second kappa shape index (κ2) is 5.00. The Hall–Kier alpha value is -2.29. The average molecular weight is 303 g/mol. The van der Waals surface area contributed by atoms with Gasteiger partial charge in [0.25, 0.3) is 10.0 Å². The first kappa shape index (κ1) is 14.1. The summed E-state index contributed by atoms with van der Waals surface area (Å²) in [6, 6.07) is 3.26. The molecule has 0 aliphatic rings. The van der Waals surface area contributed by atoms with E-state index in [1.807, 2.05) is 0 Å². The van der Waals surface area contributed by atoms with E-state index in [0.29, 0.717) is 6.07 Å². The van der Waals surface area contributed by atoms with Crippen molar-refractivity contribution in [2.75, 3.05) is 10.5 Å². The third-order valence-electron chi connectivity index (χ3n) is 2.30. The molecule has 0 aliphatic carbocycles. The molecule has 0 saturated heterocycles. The van der Waals surface area contributed by atoms with Crippen molar-refractivity contribution in [1.29, 1.82) is 0 Å². The summed E-state index contributed by atoms with van der Waals surface area (Å²) in [7, 11) is -4.48. The second-order valence-electron chi connectivity index (χ2n) is 3.75. The van der Waals surface area contributed by atoms with Gasteiger partial charge < -0.3 is 5.73 Å². The van der Waals surface area contributed by atoms with Crippen LogP contribution in [0.5, 0.6) is 0 Å². The Morgan fingerprint density at radius 1 is 1.15 bits per heavy atom. The Kier molecular flexibility index (Phi) is 3.53. The zero-order valence-corrected chi connectivity index (χ0v) is 10.6. The van der Waals surface area contributed by atoms with Crippen LogP contribution in [0.25, 0.3) is 0 Å². The smallest absolute Gasteiger partial charge is 0.282 e. The fourth-order valence-electron chi connectivity index (χ4n) is 1.45. The quantitative estimate of drug-likeness (QED) is 0.848. The topological polar surface area (TPSA) is 85.1 Å². The number of anilines is 2. The number of benzene rings is 1. The van der Waals surface area contributed by atoms with Crippen LogP contribution in [0.1, 0.15) is 0 Å². The number of hydrogen-bond donors (Lipinski definition) is 2. The number of sulfonamides is 1. The molecule has 2 rings (SSSR count).